The quantitative estimate of drug-likeness (QED) is 0.779. The van der Waals surface area contributed by atoms with Gasteiger partial charge in [0.05, 0.1) is 17.3 Å². The average molecular weight is 342 g/mol. The van der Waals surface area contributed by atoms with Gasteiger partial charge in [-0.3, -0.25) is 9.69 Å². The number of carbonyl (C=O) groups is 1. The topological polar surface area (TPSA) is 66.5 Å². The first-order valence-corrected chi connectivity index (χ1v) is 10.1. The Bertz CT molecular complexity index is 603. The van der Waals surface area contributed by atoms with Gasteiger partial charge in [0, 0.05) is 31.1 Å². The number of thioether (sulfide) groups is 1. The van der Waals surface area contributed by atoms with E-state index in [0.29, 0.717) is 31.9 Å². The molecule has 122 valence electrons. The molecule has 0 radical (unpaired) electrons. The van der Waals surface area contributed by atoms with Gasteiger partial charge in [-0.1, -0.05) is 18.2 Å². The van der Waals surface area contributed by atoms with Crippen molar-refractivity contribution < 1.29 is 13.2 Å². The maximum atomic E-state index is 11.8. The van der Waals surface area contributed by atoms with E-state index in [0.717, 1.165) is 4.90 Å². The number of benzene rings is 1. The summed E-state index contributed by atoms with van der Waals surface area (Å²) in [7, 11) is -2.83. The predicted molar refractivity (Wildman–Crippen MR) is 90.0 cm³/mol. The molecule has 7 heteroatoms. The zero-order valence-electron chi connectivity index (χ0n) is 12.7. The van der Waals surface area contributed by atoms with E-state index in [1.165, 1.54) is 17.3 Å². The maximum absolute atomic E-state index is 11.8. The van der Waals surface area contributed by atoms with E-state index in [1.54, 1.807) is 0 Å². The van der Waals surface area contributed by atoms with Crippen molar-refractivity contribution >= 4 is 27.5 Å². The van der Waals surface area contributed by atoms with Crippen LogP contribution in [0.15, 0.2) is 29.2 Å². The van der Waals surface area contributed by atoms with Crippen molar-refractivity contribution in [2.24, 2.45) is 0 Å². The van der Waals surface area contributed by atoms with Crippen LogP contribution in [0.3, 0.4) is 0 Å². The van der Waals surface area contributed by atoms with Gasteiger partial charge in [-0.15, -0.1) is 11.8 Å². The van der Waals surface area contributed by atoms with E-state index in [1.807, 2.05) is 31.2 Å². The van der Waals surface area contributed by atoms with Crippen molar-refractivity contribution in [3.63, 3.8) is 0 Å². The largest absolute Gasteiger partial charge is 0.354 e. The third-order valence-electron chi connectivity index (χ3n) is 3.64. The summed E-state index contributed by atoms with van der Waals surface area (Å²) in [5.74, 6) is 0.866. The van der Waals surface area contributed by atoms with E-state index in [-0.39, 0.29) is 17.4 Å². The van der Waals surface area contributed by atoms with Crippen LogP contribution >= 0.6 is 11.8 Å². The zero-order chi connectivity index (χ0) is 16.0. The number of aryl methyl sites for hydroxylation is 1. The fraction of sp³-hybridized carbons (Fsp3) is 0.533. The van der Waals surface area contributed by atoms with Gasteiger partial charge in [0.25, 0.3) is 0 Å². The molecule has 2 rings (SSSR count). The molecular formula is C15H22N2O3S2. The van der Waals surface area contributed by atoms with E-state index < -0.39 is 9.84 Å². The molecule has 1 aliphatic rings. The van der Waals surface area contributed by atoms with Crippen LogP contribution in [0.4, 0.5) is 0 Å². The molecule has 0 atom stereocenters. The van der Waals surface area contributed by atoms with Crippen LogP contribution in [0.2, 0.25) is 0 Å². The molecule has 1 aliphatic heterocycles. The summed E-state index contributed by atoms with van der Waals surface area (Å²) in [6.07, 6.45) is 0. The summed E-state index contributed by atoms with van der Waals surface area (Å²) in [6, 6.07) is 8.00. The Morgan fingerprint density at radius 1 is 1.27 bits per heavy atom. The number of nitrogens with one attached hydrogen (secondary N) is 1. The van der Waals surface area contributed by atoms with Gasteiger partial charge < -0.3 is 5.32 Å². The fourth-order valence-corrected chi connectivity index (χ4v) is 4.38. The van der Waals surface area contributed by atoms with Gasteiger partial charge in [0.1, 0.15) is 0 Å². The molecule has 1 heterocycles. The Balaban J connectivity index is 1.63. The third kappa shape index (κ3) is 5.62. The van der Waals surface area contributed by atoms with E-state index in [4.69, 9.17) is 0 Å². The van der Waals surface area contributed by atoms with Gasteiger partial charge >= 0.3 is 0 Å². The molecule has 0 spiro atoms. The number of amides is 1. The summed E-state index contributed by atoms with van der Waals surface area (Å²) in [4.78, 5) is 15.0. The molecule has 0 aliphatic carbocycles. The monoisotopic (exact) mass is 342 g/mol. The molecule has 0 unspecified atom stereocenters. The highest BCUT2D eigenvalue weighted by molar-refractivity contribution is 8.00. The van der Waals surface area contributed by atoms with Gasteiger partial charge in [-0.25, -0.2) is 8.42 Å². The molecule has 1 N–H and O–H groups in total. The van der Waals surface area contributed by atoms with Crippen LogP contribution in [-0.4, -0.2) is 62.7 Å². The Hall–Kier alpha value is -1.05. The average Bonchev–Trinajstić information content (AvgIpc) is 2.48. The van der Waals surface area contributed by atoms with Crippen LogP contribution < -0.4 is 5.32 Å². The molecule has 5 nitrogen and oxygen atoms in total. The molecule has 1 saturated heterocycles. The molecule has 0 saturated carbocycles. The van der Waals surface area contributed by atoms with Crippen LogP contribution in [0, 0.1) is 6.92 Å². The number of nitrogens with zero attached hydrogens (tertiary/aromatic N) is 1. The first-order chi connectivity index (χ1) is 10.5. The molecule has 0 aromatic heterocycles. The SMILES string of the molecule is Cc1ccccc1SCC(=O)NCCN1CCS(=O)(=O)CC1. The number of hydrogen-bond donors (Lipinski definition) is 1. The predicted octanol–water partition coefficient (Wildman–Crippen LogP) is 0.934. The summed E-state index contributed by atoms with van der Waals surface area (Å²) >= 11 is 1.54. The van der Waals surface area contributed by atoms with Crippen molar-refractivity contribution in [3.8, 4) is 0 Å². The van der Waals surface area contributed by atoms with Crippen molar-refractivity contribution in [1.82, 2.24) is 10.2 Å². The highest BCUT2D eigenvalue weighted by Crippen LogP contribution is 2.21. The standard InChI is InChI=1S/C15H22N2O3S2/c1-13-4-2-3-5-14(13)21-12-15(18)16-6-7-17-8-10-22(19,20)11-9-17/h2-5H,6-12H2,1H3,(H,16,18). The van der Waals surface area contributed by atoms with Gasteiger partial charge in [0.15, 0.2) is 9.84 Å². The molecular weight excluding hydrogens is 320 g/mol. The summed E-state index contributed by atoms with van der Waals surface area (Å²) < 4.78 is 22.7. The lowest BCUT2D eigenvalue weighted by Gasteiger charge is -2.26. The Labute approximate surface area is 136 Å². The summed E-state index contributed by atoms with van der Waals surface area (Å²) in [5.41, 5.74) is 1.18. The first-order valence-electron chi connectivity index (χ1n) is 7.34. The molecule has 0 bridgehead atoms. The van der Waals surface area contributed by atoms with Crippen LogP contribution in [0.5, 0.6) is 0 Å². The molecule has 1 amide bonds. The lowest BCUT2D eigenvalue weighted by molar-refractivity contribution is -0.118. The molecule has 1 aromatic carbocycles. The van der Waals surface area contributed by atoms with Crippen molar-refractivity contribution in [1.29, 1.82) is 0 Å². The van der Waals surface area contributed by atoms with Crippen LogP contribution in [0.25, 0.3) is 0 Å². The molecule has 1 aromatic rings. The van der Waals surface area contributed by atoms with E-state index in [9.17, 15) is 13.2 Å². The molecule has 22 heavy (non-hydrogen) atoms. The van der Waals surface area contributed by atoms with E-state index >= 15 is 0 Å². The minimum absolute atomic E-state index is 0.0119. The third-order valence-corrected chi connectivity index (χ3v) is 6.42. The highest BCUT2D eigenvalue weighted by Gasteiger charge is 2.20. The Kier molecular flexibility index (Phi) is 6.28. The smallest absolute Gasteiger partial charge is 0.230 e. The molecule has 1 fully saturated rings. The summed E-state index contributed by atoms with van der Waals surface area (Å²) in [6.45, 7) is 4.43. The second-order valence-electron chi connectivity index (χ2n) is 5.40. The zero-order valence-corrected chi connectivity index (χ0v) is 14.4. The number of rotatable bonds is 6. The number of hydrogen-bond acceptors (Lipinski definition) is 5. The first kappa shape index (κ1) is 17.3. The second kappa shape index (κ2) is 7.99. The maximum Gasteiger partial charge on any atom is 0.230 e. The van der Waals surface area contributed by atoms with Crippen LogP contribution in [-0.2, 0) is 14.6 Å². The van der Waals surface area contributed by atoms with Gasteiger partial charge in [-0.2, -0.15) is 0 Å². The lowest BCUT2D eigenvalue weighted by Crippen LogP contribution is -2.44. The van der Waals surface area contributed by atoms with Crippen molar-refractivity contribution in [2.75, 3.05) is 43.4 Å². The highest BCUT2D eigenvalue weighted by atomic mass is 32.2. The minimum atomic E-state index is -2.83. The van der Waals surface area contributed by atoms with Crippen molar-refractivity contribution in [2.45, 2.75) is 11.8 Å². The Morgan fingerprint density at radius 2 is 1.95 bits per heavy atom. The van der Waals surface area contributed by atoms with Crippen LogP contribution in [0.1, 0.15) is 5.56 Å². The van der Waals surface area contributed by atoms with E-state index in [2.05, 4.69) is 10.2 Å². The second-order valence-corrected chi connectivity index (χ2v) is 8.72. The normalized spacial score (nSPS) is 18.0. The number of carbonyl (C=O) groups excluding carboxylic acids is 1. The van der Waals surface area contributed by atoms with Gasteiger partial charge in [0.2, 0.25) is 5.91 Å². The fourth-order valence-electron chi connectivity index (χ4n) is 2.24. The summed E-state index contributed by atoms with van der Waals surface area (Å²) in [5, 5.41) is 2.89. The number of sulfone groups is 1. The lowest BCUT2D eigenvalue weighted by atomic mass is 10.2. The van der Waals surface area contributed by atoms with Crippen molar-refractivity contribution in [3.05, 3.63) is 29.8 Å². The van der Waals surface area contributed by atoms with Gasteiger partial charge in [-0.05, 0) is 18.6 Å². The Morgan fingerprint density at radius 3 is 2.64 bits per heavy atom. The minimum Gasteiger partial charge on any atom is -0.354 e.